The van der Waals surface area contributed by atoms with Crippen LogP contribution in [0.2, 0.25) is 0 Å². The average Bonchev–Trinajstić information content (AvgIpc) is 2.50. The van der Waals surface area contributed by atoms with Gasteiger partial charge in [0.1, 0.15) is 6.61 Å². The van der Waals surface area contributed by atoms with Gasteiger partial charge in [-0.15, -0.1) is 11.8 Å². The van der Waals surface area contributed by atoms with Crippen LogP contribution in [-0.2, 0) is 11.3 Å². The van der Waals surface area contributed by atoms with E-state index >= 15 is 0 Å². The highest BCUT2D eigenvalue weighted by Crippen LogP contribution is 2.33. The summed E-state index contributed by atoms with van der Waals surface area (Å²) in [5.74, 6) is 0.935. The van der Waals surface area contributed by atoms with Crippen molar-refractivity contribution >= 4 is 39.5 Å². The smallest absolute Gasteiger partial charge is 0.412 e. The van der Waals surface area contributed by atoms with Gasteiger partial charge in [0.15, 0.2) is 0 Å². The maximum Gasteiger partial charge on any atom is 0.412 e. The van der Waals surface area contributed by atoms with Gasteiger partial charge in [0.25, 0.3) is 0 Å². The van der Waals surface area contributed by atoms with Crippen LogP contribution >= 0.6 is 27.7 Å². The van der Waals surface area contributed by atoms with Crippen LogP contribution in [-0.4, -0.2) is 11.8 Å². The van der Waals surface area contributed by atoms with Gasteiger partial charge >= 0.3 is 6.09 Å². The Morgan fingerprint density at radius 2 is 1.95 bits per heavy atom. The monoisotopic (exact) mass is 365 g/mol. The minimum atomic E-state index is -0.455. The Labute approximate surface area is 137 Å². The molecule has 0 radical (unpaired) electrons. The fourth-order valence-corrected chi connectivity index (χ4v) is 3.15. The molecule has 0 fully saturated rings. The Hall–Kier alpha value is -1.46. The molecule has 2 aromatic carbocycles. The number of thioether (sulfide) groups is 1. The van der Waals surface area contributed by atoms with Crippen molar-refractivity contribution in [2.24, 2.45) is 0 Å². The number of para-hydroxylation sites is 1. The summed E-state index contributed by atoms with van der Waals surface area (Å²) >= 11 is 5.13. The van der Waals surface area contributed by atoms with Gasteiger partial charge in [0, 0.05) is 9.37 Å². The third kappa shape index (κ3) is 4.79. The van der Waals surface area contributed by atoms with Crippen molar-refractivity contribution in [3.05, 3.63) is 58.6 Å². The van der Waals surface area contributed by atoms with E-state index in [1.165, 1.54) is 0 Å². The van der Waals surface area contributed by atoms with E-state index in [4.69, 9.17) is 4.74 Å². The normalized spacial score (nSPS) is 10.2. The molecule has 0 atom stereocenters. The molecule has 3 nitrogen and oxygen atoms in total. The summed E-state index contributed by atoms with van der Waals surface area (Å²) in [6.45, 7) is 2.33. The molecule has 0 spiro atoms. The molecule has 21 heavy (non-hydrogen) atoms. The molecule has 0 aliphatic carbocycles. The van der Waals surface area contributed by atoms with Crippen LogP contribution in [0.25, 0.3) is 0 Å². The fourth-order valence-electron chi connectivity index (χ4n) is 1.76. The zero-order valence-corrected chi connectivity index (χ0v) is 14.0. The van der Waals surface area contributed by atoms with Crippen LogP contribution in [0.3, 0.4) is 0 Å². The summed E-state index contributed by atoms with van der Waals surface area (Å²) in [6.07, 6.45) is -0.455. The highest BCUT2D eigenvalue weighted by molar-refractivity contribution is 9.10. The Kier molecular flexibility index (Phi) is 6.14. The lowest BCUT2D eigenvalue weighted by atomic mass is 10.2. The lowest BCUT2D eigenvalue weighted by Gasteiger charge is -2.12. The van der Waals surface area contributed by atoms with Gasteiger partial charge in [0.05, 0.1) is 5.69 Å². The molecule has 0 aromatic heterocycles. The van der Waals surface area contributed by atoms with E-state index in [-0.39, 0.29) is 6.61 Å². The lowest BCUT2D eigenvalue weighted by Crippen LogP contribution is -2.14. The van der Waals surface area contributed by atoms with Crippen LogP contribution in [0.4, 0.5) is 10.5 Å². The first-order valence-electron chi connectivity index (χ1n) is 6.59. The van der Waals surface area contributed by atoms with Gasteiger partial charge in [-0.25, -0.2) is 4.79 Å². The third-order valence-corrected chi connectivity index (χ3v) is 4.32. The number of hydrogen-bond donors (Lipinski definition) is 1. The van der Waals surface area contributed by atoms with E-state index in [9.17, 15) is 4.79 Å². The minimum Gasteiger partial charge on any atom is -0.444 e. The predicted octanol–water partition coefficient (Wildman–Crippen LogP) is 5.31. The molecule has 0 unspecified atom stereocenters. The number of ether oxygens (including phenoxy) is 1. The second-order valence-electron chi connectivity index (χ2n) is 4.23. The number of halogens is 1. The van der Waals surface area contributed by atoms with Gasteiger partial charge < -0.3 is 4.74 Å². The number of rotatable bonds is 5. The molecule has 2 aromatic rings. The first-order chi connectivity index (χ1) is 10.2. The van der Waals surface area contributed by atoms with Gasteiger partial charge in [-0.2, -0.15) is 0 Å². The summed E-state index contributed by atoms with van der Waals surface area (Å²) in [5, 5.41) is 2.81. The molecular weight excluding hydrogens is 350 g/mol. The van der Waals surface area contributed by atoms with Gasteiger partial charge in [-0.1, -0.05) is 43.3 Å². The predicted molar refractivity (Wildman–Crippen MR) is 90.8 cm³/mol. The third-order valence-electron chi connectivity index (χ3n) is 2.72. The van der Waals surface area contributed by atoms with Gasteiger partial charge in [-0.05, 0) is 39.4 Å². The van der Waals surface area contributed by atoms with Crippen molar-refractivity contribution in [3.63, 3.8) is 0 Å². The van der Waals surface area contributed by atoms with Crippen molar-refractivity contribution in [2.45, 2.75) is 18.4 Å². The second-order valence-corrected chi connectivity index (χ2v) is 6.39. The Bertz CT molecular complexity index is 604. The van der Waals surface area contributed by atoms with E-state index in [2.05, 4.69) is 28.2 Å². The average molecular weight is 366 g/mol. The number of nitrogens with one attached hydrogen (secondary N) is 1. The number of carbonyl (C=O) groups excluding carboxylic acids is 1. The molecule has 2 rings (SSSR count). The Morgan fingerprint density at radius 1 is 1.19 bits per heavy atom. The maximum atomic E-state index is 11.9. The van der Waals surface area contributed by atoms with E-state index in [1.807, 2.05) is 48.5 Å². The molecule has 1 N–H and O–H groups in total. The topological polar surface area (TPSA) is 38.3 Å². The number of benzene rings is 2. The van der Waals surface area contributed by atoms with Crippen molar-refractivity contribution in [1.29, 1.82) is 0 Å². The second kappa shape index (κ2) is 8.10. The van der Waals surface area contributed by atoms with Crippen LogP contribution in [0, 0.1) is 0 Å². The zero-order valence-electron chi connectivity index (χ0n) is 11.6. The van der Waals surface area contributed by atoms with E-state index in [0.717, 1.165) is 26.4 Å². The van der Waals surface area contributed by atoms with Crippen LogP contribution in [0.5, 0.6) is 0 Å². The lowest BCUT2D eigenvalue weighted by molar-refractivity contribution is 0.155. The molecule has 110 valence electrons. The van der Waals surface area contributed by atoms with Crippen LogP contribution < -0.4 is 5.32 Å². The summed E-state index contributed by atoms with van der Waals surface area (Å²) < 4.78 is 6.09. The highest BCUT2D eigenvalue weighted by Gasteiger charge is 2.11. The summed E-state index contributed by atoms with van der Waals surface area (Å²) in [7, 11) is 0. The molecule has 1 amide bonds. The standard InChI is InChI=1S/C16H16BrNO2S/c1-2-21-14-10-6-9-13(17)15(14)18-16(19)20-11-12-7-4-3-5-8-12/h3-10H,2,11H2,1H3,(H,18,19). The molecular formula is C16H16BrNO2S. The molecule has 0 heterocycles. The molecule has 5 heteroatoms. The SMILES string of the molecule is CCSc1cccc(Br)c1NC(=O)OCc1ccccc1. The molecule has 0 aliphatic rings. The zero-order chi connectivity index (χ0) is 15.1. The Morgan fingerprint density at radius 3 is 2.67 bits per heavy atom. The number of amides is 1. The highest BCUT2D eigenvalue weighted by atomic mass is 79.9. The van der Waals surface area contributed by atoms with E-state index in [0.29, 0.717) is 0 Å². The molecule has 0 bridgehead atoms. The van der Waals surface area contributed by atoms with Gasteiger partial charge in [0.2, 0.25) is 0 Å². The fraction of sp³-hybridized carbons (Fsp3) is 0.188. The molecule has 0 aliphatic heterocycles. The number of anilines is 1. The van der Waals surface area contributed by atoms with Crippen LogP contribution in [0.1, 0.15) is 12.5 Å². The van der Waals surface area contributed by atoms with Crippen molar-refractivity contribution < 1.29 is 9.53 Å². The van der Waals surface area contributed by atoms with Crippen molar-refractivity contribution in [2.75, 3.05) is 11.1 Å². The Balaban J connectivity index is 1.99. The number of hydrogen-bond acceptors (Lipinski definition) is 3. The summed E-state index contributed by atoms with van der Waals surface area (Å²) in [6, 6.07) is 15.4. The van der Waals surface area contributed by atoms with E-state index < -0.39 is 6.09 Å². The maximum absolute atomic E-state index is 11.9. The molecule has 0 saturated carbocycles. The van der Waals surface area contributed by atoms with Crippen molar-refractivity contribution in [1.82, 2.24) is 0 Å². The van der Waals surface area contributed by atoms with Crippen LogP contribution in [0.15, 0.2) is 57.9 Å². The summed E-state index contributed by atoms with van der Waals surface area (Å²) in [5.41, 5.74) is 1.71. The first kappa shape index (κ1) is 15.9. The molecule has 0 saturated heterocycles. The number of carbonyl (C=O) groups is 1. The van der Waals surface area contributed by atoms with E-state index in [1.54, 1.807) is 11.8 Å². The minimum absolute atomic E-state index is 0.257. The summed E-state index contributed by atoms with van der Waals surface area (Å²) in [4.78, 5) is 12.9. The quantitative estimate of drug-likeness (QED) is 0.729. The first-order valence-corrected chi connectivity index (χ1v) is 8.37. The van der Waals surface area contributed by atoms with Gasteiger partial charge in [-0.3, -0.25) is 5.32 Å². The largest absolute Gasteiger partial charge is 0.444 e. The van der Waals surface area contributed by atoms with Crippen molar-refractivity contribution in [3.8, 4) is 0 Å².